The molecule has 0 radical (unpaired) electrons. The van der Waals surface area contributed by atoms with Crippen LogP contribution in [0.15, 0.2) is 72.6 Å². The lowest BCUT2D eigenvalue weighted by Gasteiger charge is -2.39. The first-order valence-electron chi connectivity index (χ1n) is 15.9. The molecule has 1 unspecified atom stereocenters. The lowest BCUT2D eigenvalue weighted by atomic mass is 9.89. The summed E-state index contributed by atoms with van der Waals surface area (Å²) < 4.78 is 17.0. The quantitative estimate of drug-likeness (QED) is 0.215. The van der Waals surface area contributed by atoms with E-state index in [1.807, 2.05) is 18.2 Å². The number of nitrogens with two attached hydrogens (primary N) is 1. The van der Waals surface area contributed by atoms with Crippen molar-refractivity contribution in [1.82, 2.24) is 25.1 Å². The number of carboxylic acids is 1. The number of hydrogen-bond donors (Lipinski definition) is 4. The average molecular weight is 687 g/mol. The Morgan fingerprint density at radius 3 is 2.53 bits per heavy atom. The first-order valence-corrected chi connectivity index (χ1v) is 16.3. The van der Waals surface area contributed by atoms with Crippen molar-refractivity contribution in [2.75, 3.05) is 28.3 Å². The van der Waals surface area contributed by atoms with Crippen molar-refractivity contribution in [1.29, 1.82) is 0 Å². The highest BCUT2D eigenvalue weighted by Crippen LogP contribution is 2.38. The zero-order valence-corrected chi connectivity index (χ0v) is 27.5. The number of nitrogens with zero attached hydrogens (tertiary/aromatic N) is 6. The Hall–Kier alpha value is -5.47. The van der Waals surface area contributed by atoms with Gasteiger partial charge in [0.05, 0.1) is 23.3 Å². The second-order valence-corrected chi connectivity index (χ2v) is 12.8. The fourth-order valence-electron chi connectivity index (χ4n) is 6.62. The standard InChI is InChI=1S/C34H33ClFN9O4/c1-19(2)31-40-39-28-18-42(15-16-43(28)31)26-7-3-5-23-22(26)13-14-44(30(23)32(46)37-21-11-9-20(10-12-21)34(48)49)33(47)25-17-45(41-38-25)27-8-4-6-24(35)29(27)36/h3-12,17,19,30,38,41H,13-16,18H2,1-2H3,(H,37,46)(H,48,49)/p+1. The van der Waals surface area contributed by atoms with E-state index in [-0.39, 0.29) is 34.4 Å². The number of carbonyl (C=O) groups excluding carboxylic acids is 2. The van der Waals surface area contributed by atoms with Crippen LogP contribution in [0.2, 0.25) is 5.02 Å². The van der Waals surface area contributed by atoms with Gasteiger partial charge in [-0.25, -0.2) is 14.6 Å². The summed E-state index contributed by atoms with van der Waals surface area (Å²) in [6.07, 6.45) is 1.95. The number of aromatic carboxylic acids is 1. The number of halogens is 2. The van der Waals surface area contributed by atoms with Gasteiger partial charge in [0, 0.05) is 36.9 Å². The summed E-state index contributed by atoms with van der Waals surface area (Å²) in [7, 11) is 0. The number of fused-ring (bicyclic) bond motifs is 2. The monoisotopic (exact) mass is 686 g/mol. The van der Waals surface area contributed by atoms with E-state index in [1.54, 1.807) is 12.1 Å². The zero-order chi connectivity index (χ0) is 34.4. The molecule has 13 nitrogen and oxygen atoms in total. The van der Waals surface area contributed by atoms with Crippen LogP contribution < -0.4 is 26.2 Å². The van der Waals surface area contributed by atoms with E-state index in [0.717, 1.165) is 36.0 Å². The molecule has 49 heavy (non-hydrogen) atoms. The Kier molecular flexibility index (Phi) is 8.42. The minimum atomic E-state index is -1.08. The second kappa shape index (κ2) is 12.9. The number of carbonyl (C=O) groups is 3. The van der Waals surface area contributed by atoms with Crippen LogP contribution in [0.1, 0.15) is 58.9 Å². The lowest BCUT2D eigenvalue weighted by molar-refractivity contribution is -0.700. The van der Waals surface area contributed by atoms with Crippen LogP contribution in [-0.4, -0.2) is 55.6 Å². The molecule has 3 aliphatic rings. The normalized spacial score (nSPS) is 17.0. The lowest BCUT2D eigenvalue weighted by Crippen LogP contribution is -2.98. The van der Waals surface area contributed by atoms with Gasteiger partial charge in [0.25, 0.3) is 11.8 Å². The second-order valence-electron chi connectivity index (χ2n) is 12.4. The summed E-state index contributed by atoms with van der Waals surface area (Å²) in [5, 5.41) is 22.5. The molecule has 3 aliphatic heterocycles. The summed E-state index contributed by atoms with van der Waals surface area (Å²) in [5.74, 6) is -0.555. The highest BCUT2D eigenvalue weighted by atomic mass is 35.5. The third-order valence-corrected chi connectivity index (χ3v) is 9.30. The summed E-state index contributed by atoms with van der Waals surface area (Å²) in [5.41, 5.74) is 7.75. The fourth-order valence-corrected chi connectivity index (χ4v) is 6.79. The van der Waals surface area contributed by atoms with Crippen molar-refractivity contribution < 1.29 is 29.4 Å². The molecular weight excluding hydrogens is 653 g/mol. The van der Waals surface area contributed by atoms with Crippen LogP contribution in [0, 0.1) is 5.82 Å². The maximum atomic E-state index is 14.8. The number of quaternary nitrogens is 1. The molecule has 4 aromatic rings. The predicted octanol–water partition coefficient (Wildman–Crippen LogP) is 3.32. The van der Waals surface area contributed by atoms with Crippen molar-refractivity contribution in [3.05, 3.63) is 112 Å². The minimum Gasteiger partial charge on any atom is -0.478 e. The first kappa shape index (κ1) is 32.1. The molecule has 7 rings (SSSR count). The van der Waals surface area contributed by atoms with E-state index in [4.69, 9.17) is 11.6 Å². The molecule has 3 aromatic carbocycles. The molecule has 252 valence electrons. The van der Waals surface area contributed by atoms with Crippen molar-refractivity contribution in [2.45, 2.75) is 45.3 Å². The van der Waals surface area contributed by atoms with Gasteiger partial charge in [0.2, 0.25) is 0 Å². The summed E-state index contributed by atoms with van der Waals surface area (Å²) in [4.78, 5) is 43.5. The zero-order valence-electron chi connectivity index (χ0n) is 26.7. The van der Waals surface area contributed by atoms with E-state index in [2.05, 4.69) is 44.3 Å². The Morgan fingerprint density at radius 2 is 1.78 bits per heavy atom. The Labute approximate surface area is 285 Å². The number of hydrogen-bond acceptors (Lipinski definition) is 8. The maximum absolute atomic E-state index is 14.8. The molecule has 0 bridgehead atoms. The minimum absolute atomic E-state index is 0.0510. The van der Waals surface area contributed by atoms with Gasteiger partial charge in [-0.1, -0.05) is 43.6 Å². The molecule has 2 amide bonds. The van der Waals surface area contributed by atoms with Crippen molar-refractivity contribution in [3.63, 3.8) is 0 Å². The Bertz CT molecular complexity index is 2000. The van der Waals surface area contributed by atoms with Crippen LogP contribution in [0.4, 0.5) is 21.5 Å². The van der Waals surface area contributed by atoms with Gasteiger partial charge in [0.15, 0.2) is 17.3 Å². The summed E-state index contributed by atoms with van der Waals surface area (Å²) in [6.45, 7) is 6.41. The van der Waals surface area contributed by atoms with Gasteiger partial charge < -0.3 is 24.8 Å². The van der Waals surface area contributed by atoms with Crippen molar-refractivity contribution >= 4 is 46.4 Å². The SMILES string of the molecule is CC(C)c1nnc2n1CCN(c1cccc3c1CCN(C(=O)C1=CN(c4cccc(Cl)c4F)[NH2+]N1)C3C(=O)Nc1ccc(C(=O)O)cc1)C2. The largest absolute Gasteiger partial charge is 0.478 e. The van der Waals surface area contributed by atoms with Crippen LogP contribution in [0.25, 0.3) is 0 Å². The summed E-state index contributed by atoms with van der Waals surface area (Å²) in [6, 6.07) is 15.2. The smallest absolute Gasteiger partial charge is 0.335 e. The number of carboxylic acid groups (broad SMARTS) is 1. The van der Waals surface area contributed by atoms with Gasteiger partial charge in [-0.3, -0.25) is 9.59 Å². The third-order valence-electron chi connectivity index (χ3n) is 9.01. The molecule has 0 saturated carbocycles. The van der Waals surface area contributed by atoms with Gasteiger partial charge in [-0.05, 0) is 60.0 Å². The van der Waals surface area contributed by atoms with Crippen LogP contribution in [-0.2, 0) is 29.1 Å². The number of amides is 2. The van der Waals surface area contributed by atoms with Crippen LogP contribution >= 0.6 is 11.6 Å². The van der Waals surface area contributed by atoms with E-state index >= 15 is 0 Å². The van der Waals surface area contributed by atoms with E-state index in [0.29, 0.717) is 24.2 Å². The molecular formula is C34H34ClFN9O4+. The fraction of sp³-hybridized carbons (Fsp3) is 0.265. The molecule has 1 atom stereocenters. The number of rotatable bonds is 7. The number of aromatic nitrogens is 3. The highest BCUT2D eigenvalue weighted by Gasteiger charge is 2.40. The van der Waals surface area contributed by atoms with E-state index in [1.165, 1.54) is 52.0 Å². The average Bonchev–Trinajstić information content (AvgIpc) is 3.76. The molecule has 4 heterocycles. The van der Waals surface area contributed by atoms with Gasteiger partial charge in [-0.2, -0.15) is 5.01 Å². The maximum Gasteiger partial charge on any atom is 0.335 e. The van der Waals surface area contributed by atoms with E-state index < -0.39 is 29.6 Å². The molecule has 5 N–H and O–H groups in total. The third kappa shape index (κ3) is 5.93. The molecule has 15 heteroatoms. The Morgan fingerprint density at radius 1 is 1.02 bits per heavy atom. The number of nitrogens with one attached hydrogen (secondary N) is 2. The van der Waals surface area contributed by atoms with Crippen molar-refractivity contribution in [2.24, 2.45) is 0 Å². The molecule has 0 fully saturated rings. The number of benzene rings is 3. The molecule has 0 aliphatic carbocycles. The Balaban J connectivity index is 1.22. The first-order chi connectivity index (χ1) is 23.6. The van der Waals surface area contributed by atoms with Gasteiger partial charge in [-0.15, -0.1) is 15.7 Å². The van der Waals surface area contributed by atoms with Gasteiger partial charge in [0.1, 0.15) is 17.6 Å². The molecule has 0 saturated heterocycles. The highest BCUT2D eigenvalue weighted by molar-refractivity contribution is 6.31. The topological polar surface area (TPSA) is 153 Å². The summed E-state index contributed by atoms with van der Waals surface area (Å²) >= 11 is 6.00. The van der Waals surface area contributed by atoms with E-state index in [9.17, 15) is 23.9 Å². The van der Waals surface area contributed by atoms with Crippen molar-refractivity contribution in [3.8, 4) is 0 Å². The number of anilines is 3. The van der Waals surface area contributed by atoms with Gasteiger partial charge >= 0.3 is 5.97 Å². The molecule has 0 spiro atoms. The van der Waals surface area contributed by atoms with Crippen LogP contribution in [0.5, 0.6) is 0 Å². The van der Waals surface area contributed by atoms with Crippen LogP contribution in [0.3, 0.4) is 0 Å². The predicted molar refractivity (Wildman–Crippen MR) is 179 cm³/mol. The molecule has 1 aromatic heterocycles.